The molecule has 0 aliphatic rings. The van der Waals surface area contributed by atoms with E-state index in [2.05, 4.69) is 5.32 Å². The lowest BCUT2D eigenvalue weighted by Gasteiger charge is -2.14. The molecule has 0 saturated carbocycles. The van der Waals surface area contributed by atoms with Crippen molar-refractivity contribution in [1.82, 2.24) is 10.7 Å². The maximum Gasteiger partial charge on any atom is 0.328 e. The highest BCUT2D eigenvalue weighted by molar-refractivity contribution is 6.20. The molecule has 2 heterocycles. The van der Waals surface area contributed by atoms with Gasteiger partial charge in [-0.2, -0.15) is 0 Å². The number of nitro groups is 1. The highest BCUT2D eigenvalue weighted by atomic mass is 16.7. The fourth-order valence-electron chi connectivity index (χ4n) is 4.50. The molecule has 4 aromatic rings. The van der Waals surface area contributed by atoms with Gasteiger partial charge in [0.1, 0.15) is 6.04 Å². The molecule has 4 rings (SSSR count). The van der Waals surface area contributed by atoms with Gasteiger partial charge in [0.2, 0.25) is 11.5 Å². The van der Waals surface area contributed by atoms with E-state index in [4.69, 9.17) is 43.7 Å². The third-order valence-corrected chi connectivity index (χ3v) is 6.60. The summed E-state index contributed by atoms with van der Waals surface area (Å²) >= 11 is 0. The molecule has 2 aromatic carbocycles. The second-order valence-corrected chi connectivity index (χ2v) is 9.34. The van der Waals surface area contributed by atoms with Gasteiger partial charge in [0, 0.05) is 17.5 Å². The van der Waals surface area contributed by atoms with Crippen molar-refractivity contribution in [3.8, 4) is 40.3 Å². The topological polar surface area (TPSA) is 224 Å². The molecule has 0 bridgehead atoms. The third kappa shape index (κ3) is 6.91. The van der Waals surface area contributed by atoms with Gasteiger partial charge >= 0.3 is 5.97 Å². The first-order valence-electron chi connectivity index (χ1n) is 13.4. The van der Waals surface area contributed by atoms with Crippen molar-refractivity contribution in [2.75, 3.05) is 35.0 Å². The zero-order chi connectivity index (χ0) is 32.7. The summed E-state index contributed by atoms with van der Waals surface area (Å²) in [5.41, 5.74) is 8.04. The maximum atomic E-state index is 14.1. The predicted molar refractivity (Wildman–Crippen MR) is 159 cm³/mol. The summed E-state index contributed by atoms with van der Waals surface area (Å²) in [6, 6.07) is 8.24. The van der Waals surface area contributed by atoms with Gasteiger partial charge in [0.25, 0.3) is 5.96 Å². The van der Waals surface area contributed by atoms with E-state index in [1.807, 2.05) is 0 Å². The third-order valence-electron chi connectivity index (χ3n) is 6.60. The van der Waals surface area contributed by atoms with Crippen LogP contribution in [-0.4, -0.2) is 63.8 Å². The Hall–Kier alpha value is -5.77. The van der Waals surface area contributed by atoms with Gasteiger partial charge in [-0.25, -0.2) is 14.9 Å². The SMILES string of the molecule is COc1cc(C(=O)c2c(-c3ccco3)oc3c(OC(=O)C(N)CCCNC(=N)N[N+](=O)[O-])c(OC)ccc23)cc(OC)c1OC. The first-order chi connectivity index (χ1) is 21.6. The van der Waals surface area contributed by atoms with E-state index in [1.54, 1.807) is 23.6 Å². The van der Waals surface area contributed by atoms with Gasteiger partial charge in [-0.05, 0) is 49.2 Å². The van der Waals surface area contributed by atoms with Crippen LogP contribution in [0.3, 0.4) is 0 Å². The van der Waals surface area contributed by atoms with E-state index in [0.717, 1.165) is 0 Å². The highest BCUT2D eigenvalue weighted by Crippen LogP contribution is 2.45. The van der Waals surface area contributed by atoms with Crippen molar-refractivity contribution in [3.63, 3.8) is 0 Å². The van der Waals surface area contributed by atoms with Crippen LogP contribution in [0.2, 0.25) is 0 Å². The van der Waals surface area contributed by atoms with Crippen molar-refractivity contribution >= 4 is 28.7 Å². The minimum Gasteiger partial charge on any atom is -0.493 e. The number of nitrogens with zero attached hydrogens (tertiary/aromatic N) is 1. The summed E-state index contributed by atoms with van der Waals surface area (Å²) in [6.07, 6.45) is 1.83. The molecule has 238 valence electrons. The number of rotatable bonds is 14. The number of methoxy groups -OCH3 is 4. The van der Waals surface area contributed by atoms with Gasteiger partial charge in [0.05, 0.1) is 40.3 Å². The number of carbonyl (C=O) groups is 2. The number of furan rings is 2. The Morgan fingerprint density at radius 1 is 1.02 bits per heavy atom. The van der Waals surface area contributed by atoms with Crippen molar-refractivity contribution in [1.29, 1.82) is 5.41 Å². The number of fused-ring (bicyclic) bond motifs is 1. The van der Waals surface area contributed by atoms with Crippen molar-refractivity contribution in [3.05, 3.63) is 63.9 Å². The van der Waals surface area contributed by atoms with Crippen LogP contribution in [0.4, 0.5) is 0 Å². The van der Waals surface area contributed by atoms with Crippen LogP contribution >= 0.6 is 0 Å². The average Bonchev–Trinajstić information content (AvgIpc) is 3.70. The van der Waals surface area contributed by atoms with Crippen LogP contribution in [0.15, 0.2) is 51.5 Å². The number of ether oxygens (including phenoxy) is 5. The van der Waals surface area contributed by atoms with E-state index in [9.17, 15) is 19.7 Å². The van der Waals surface area contributed by atoms with Crippen LogP contribution in [0.5, 0.6) is 28.7 Å². The largest absolute Gasteiger partial charge is 0.493 e. The lowest BCUT2D eigenvalue weighted by molar-refractivity contribution is -0.525. The molecule has 16 nitrogen and oxygen atoms in total. The van der Waals surface area contributed by atoms with Gasteiger partial charge < -0.3 is 43.6 Å². The normalized spacial score (nSPS) is 11.4. The first-order valence-corrected chi connectivity index (χ1v) is 13.4. The van der Waals surface area contributed by atoms with Crippen LogP contribution in [0, 0.1) is 15.5 Å². The quantitative estimate of drug-likeness (QED) is 0.0231. The minimum atomic E-state index is -1.11. The van der Waals surface area contributed by atoms with Gasteiger partial charge in [0.15, 0.2) is 45.2 Å². The molecule has 0 radical (unpaired) electrons. The molecule has 16 heteroatoms. The molecule has 0 spiro atoms. The molecule has 0 aliphatic heterocycles. The molecule has 45 heavy (non-hydrogen) atoms. The zero-order valence-electron chi connectivity index (χ0n) is 24.8. The standard InChI is InChI=1S/C29H31N5O11/c1-39-18-10-9-16-22(23(35)15-13-20(40-2)25(42-4)21(14-15)41-3)26(19-8-6-12-43-19)44-24(16)27(18)45-28(36)17(30)7-5-11-32-29(31)33-34(37)38/h6,8-10,12-14,17H,5,7,11,30H2,1-4H3,(H3,31,32,33). The number of hydrazine groups is 1. The Kier molecular flexibility index (Phi) is 10.1. The number of esters is 1. The molecular formula is C29H31N5O11. The number of ketones is 1. The molecule has 1 atom stereocenters. The number of benzene rings is 2. The Labute approximate surface area is 255 Å². The Bertz CT molecular complexity index is 1690. The second kappa shape index (κ2) is 14.1. The van der Waals surface area contributed by atoms with Crippen LogP contribution in [0.25, 0.3) is 22.5 Å². The van der Waals surface area contributed by atoms with Gasteiger partial charge in [-0.15, -0.1) is 0 Å². The number of carbonyl (C=O) groups excluding carboxylic acids is 2. The van der Waals surface area contributed by atoms with Gasteiger partial charge in [-0.3, -0.25) is 10.2 Å². The van der Waals surface area contributed by atoms with E-state index in [-0.39, 0.29) is 70.6 Å². The molecule has 2 aromatic heterocycles. The zero-order valence-corrected chi connectivity index (χ0v) is 24.8. The summed E-state index contributed by atoms with van der Waals surface area (Å²) in [6.45, 7) is 0.136. The van der Waals surface area contributed by atoms with E-state index in [0.29, 0.717) is 11.1 Å². The lowest BCUT2D eigenvalue weighted by atomic mass is 9.98. The van der Waals surface area contributed by atoms with Crippen molar-refractivity contribution in [2.24, 2.45) is 5.73 Å². The number of guanidine groups is 1. The fraction of sp³-hybridized carbons (Fsp3) is 0.276. The Morgan fingerprint density at radius 3 is 2.29 bits per heavy atom. The molecule has 5 N–H and O–H groups in total. The van der Waals surface area contributed by atoms with E-state index >= 15 is 0 Å². The van der Waals surface area contributed by atoms with Crippen LogP contribution in [0.1, 0.15) is 28.8 Å². The lowest BCUT2D eigenvalue weighted by Crippen LogP contribution is -2.41. The highest BCUT2D eigenvalue weighted by Gasteiger charge is 2.30. The molecule has 0 saturated heterocycles. The summed E-state index contributed by atoms with van der Waals surface area (Å²) in [7, 11) is 5.68. The Balaban J connectivity index is 1.71. The minimum absolute atomic E-state index is 0.0260. The van der Waals surface area contributed by atoms with Crippen molar-refractivity contribution < 1.29 is 47.1 Å². The van der Waals surface area contributed by atoms with Crippen LogP contribution < -0.4 is 40.2 Å². The molecule has 0 fully saturated rings. The number of hydrogen-bond acceptors (Lipinski definition) is 13. The molecule has 0 aliphatic carbocycles. The molecule has 0 amide bonds. The monoisotopic (exact) mass is 625 g/mol. The fourth-order valence-corrected chi connectivity index (χ4v) is 4.50. The summed E-state index contributed by atoms with van der Waals surface area (Å²) in [5.74, 6) is -0.654. The summed E-state index contributed by atoms with van der Waals surface area (Å²) in [4.78, 5) is 37.6. The van der Waals surface area contributed by atoms with Gasteiger partial charge in [-0.1, -0.05) is 5.43 Å². The predicted octanol–water partition coefficient (Wildman–Crippen LogP) is 3.28. The first kappa shape index (κ1) is 32.2. The molecule has 1 unspecified atom stereocenters. The van der Waals surface area contributed by atoms with Crippen molar-refractivity contribution in [2.45, 2.75) is 18.9 Å². The average molecular weight is 626 g/mol. The summed E-state index contributed by atoms with van der Waals surface area (Å²) < 4.78 is 39.1. The number of nitrogens with one attached hydrogen (secondary N) is 3. The summed E-state index contributed by atoms with van der Waals surface area (Å²) in [5, 5.41) is 19.7. The second-order valence-electron chi connectivity index (χ2n) is 9.34. The van der Waals surface area contributed by atoms with E-state index < -0.39 is 28.8 Å². The maximum absolute atomic E-state index is 14.1. The molecular weight excluding hydrogens is 594 g/mol. The Morgan fingerprint density at radius 2 is 1.71 bits per heavy atom. The smallest absolute Gasteiger partial charge is 0.328 e. The van der Waals surface area contributed by atoms with Crippen LogP contribution in [-0.2, 0) is 4.79 Å². The number of hydrogen-bond donors (Lipinski definition) is 4. The van der Waals surface area contributed by atoms with E-state index in [1.165, 1.54) is 52.9 Å². The number of nitrogens with two attached hydrogens (primary N) is 1.